The summed E-state index contributed by atoms with van der Waals surface area (Å²) in [5.41, 5.74) is 3.25. The zero-order chi connectivity index (χ0) is 22.0. The lowest BCUT2D eigenvalue weighted by Crippen LogP contribution is -2.43. The molecule has 0 aromatic heterocycles. The summed E-state index contributed by atoms with van der Waals surface area (Å²) >= 11 is 0. The van der Waals surface area contributed by atoms with Gasteiger partial charge in [0.05, 0.1) is 4.90 Å². The van der Waals surface area contributed by atoms with Crippen molar-refractivity contribution in [2.45, 2.75) is 56.4 Å². The Labute approximate surface area is 182 Å². The van der Waals surface area contributed by atoms with Gasteiger partial charge in [-0.1, -0.05) is 19.1 Å². The third-order valence-corrected chi connectivity index (χ3v) is 7.82. The summed E-state index contributed by atoms with van der Waals surface area (Å²) in [6.45, 7) is 2.35. The van der Waals surface area contributed by atoms with Gasteiger partial charge in [0.1, 0.15) is 6.04 Å². The monoisotopic (exact) mass is 441 g/mol. The second kappa shape index (κ2) is 8.80. The van der Waals surface area contributed by atoms with Crippen LogP contribution in [0.25, 0.3) is 0 Å². The van der Waals surface area contributed by atoms with Gasteiger partial charge in [0.2, 0.25) is 21.8 Å². The van der Waals surface area contributed by atoms with Crippen LogP contribution in [0.3, 0.4) is 0 Å². The normalized spacial score (nSPS) is 19.4. The van der Waals surface area contributed by atoms with Gasteiger partial charge >= 0.3 is 0 Å². The first-order valence-electron chi connectivity index (χ1n) is 10.7. The lowest BCUT2D eigenvalue weighted by molar-refractivity contribution is -0.119. The van der Waals surface area contributed by atoms with Gasteiger partial charge in [0, 0.05) is 24.3 Å². The quantitative estimate of drug-likeness (QED) is 0.744. The second-order valence-corrected chi connectivity index (χ2v) is 9.93. The fourth-order valence-corrected chi connectivity index (χ4v) is 5.94. The molecule has 1 fully saturated rings. The Morgan fingerprint density at radius 2 is 2.00 bits per heavy atom. The number of sulfonamides is 1. The third-order valence-electron chi connectivity index (χ3n) is 5.92. The smallest absolute Gasteiger partial charge is 0.243 e. The molecule has 2 heterocycles. The van der Waals surface area contributed by atoms with E-state index in [0.29, 0.717) is 50.0 Å². The average Bonchev–Trinajstić information content (AvgIpc) is 3.18. The van der Waals surface area contributed by atoms with Crippen LogP contribution in [0, 0.1) is 0 Å². The molecule has 164 valence electrons. The first-order valence-corrected chi connectivity index (χ1v) is 12.2. The first kappa shape index (κ1) is 21.5. The van der Waals surface area contributed by atoms with Crippen molar-refractivity contribution in [2.75, 3.05) is 17.2 Å². The van der Waals surface area contributed by atoms with Crippen molar-refractivity contribution in [3.8, 4) is 0 Å². The molecule has 4 rings (SSSR count). The summed E-state index contributed by atoms with van der Waals surface area (Å²) in [6, 6.07) is 11.6. The highest BCUT2D eigenvalue weighted by molar-refractivity contribution is 7.89. The molecule has 0 bridgehead atoms. The number of amides is 2. The number of carbonyl (C=O) groups excluding carboxylic acids is 2. The summed E-state index contributed by atoms with van der Waals surface area (Å²) in [6.07, 6.45) is 3.70. The highest BCUT2D eigenvalue weighted by atomic mass is 32.2. The minimum atomic E-state index is -3.84. The van der Waals surface area contributed by atoms with Crippen LogP contribution in [0.5, 0.6) is 0 Å². The molecule has 0 unspecified atom stereocenters. The number of nitrogens with one attached hydrogen (secondary N) is 2. The number of anilines is 2. The van der Waals surface area contributed by atoms with Gasteiger partial charge in [-0.3, -0.25) is 9.59 Å². The predicted molar refractivity (Wildman–Crippen MR) is 119 cm³/mol. The largest absolute Gasteiger partial charge is 0.326 e. The van der Waals surface area contributed by atoms with Gasteiger partial charge in [-0.05, 0) is 73.6 Å². The SMILES string of the molecule is CCc1cccc(NC(=O)[C@H]2CCCN2S(=O)(=O)c2ccc3c(c2)CCCC(=O)N3)c1. The molecule has 2 amide bonds. The molecular formula is C23H27N3O4S. The average molecular weight is 442 g/mol. The molecule has 2 aromatic rings. The van der Waals surface area contributed by atoms with Crippen LogP contribution in [0.4, 0.5) is 11.4 Å². The Hall–Kier alpha value is -2.71. The van der Waals surface area contributed by atoms with Crippen LogP contribution in [-0.4, -0.2) is 37.1 Å². The van der Waals surface area contributed by atoms with Gasteiger partial charge in [-0.15, -0.1) is 0 Å². The van der Waals surface area contributed by atoms with Crippen LogP contribution >= 0.6 is 0 Å². The molecule has 0 spiro atoms. The van der Waals surface area contributed by atoms with E-state index in [1.807, 2.05) is 31.2 Å². The number of benzene rings is 2. The van der Waals surface area contributed by atoms with E-state index in [9.17, 15) is 18.0 Å². The number of hydrogen-bond donors (Lipinski definition) is 2. The molecule has 1 atom stereocenters. The standard InChI is InChI=1S/C23H27N3O4S/c1-2-16-6-3-8-18(14-16)24-23(28)21-9-5-13-26(21)31(29,30)19-11-12-20-17(15-19)7-4-10-22(27)25-20/h3,6,8,11-12,14-15,21H,2,4-5,7,9-10,13H2,1H3,(H,24,28)(H,25,27)/t21-/m1/s1. The van der Waals surface area contributed by atoms with Crippen LogP contribution in [0.15, 0.2) is 47.4 Å². The van der Waals surface area contributed by atoms with Gasteiger partial charge < -0.3 is 10.6 Å². The Balaban J connectivity index is 1.56. The van der Waals surface area contributed by atoms with Crippen LogP contribution in [0.2, 0.25) is 0 Å². The zero-order valence-corrected chi connectivity index (χ0v) is 18.4. The molecule has 1 saturated heterocycles. The topological polar surface area (TPSA) is 95.6 Å². The number of nitrogens with zero attached hydrogens (tertiary/aromatic N) is 1. The maximum absolute atomic E-state index is 13.4. The van der Waals surface area contributed by atoms with E-state index in [4.69, 9.17) is 0 Å². The van der Waals surface area contributed by atoms with E-state index in [0.717, 1.165) is 17.5 Å². The van der Waals surface area contributed by atoms with E-state index < -0.39 is 16.1 Å². The molecule has 0 aliphatic carbocycles. The summed E-state index contributed by atoms with van der Waals surface area (Å²) in [5.74, 6) is -0.367. The Kier molecular flexibility index (Phi) is 6.11. The minimum absolute atomic E-state index is 0.0576. The Morgan fingerprint density at radius 1 is 1.16 bits per heavy atom. The van der Waals surface area contributed by atoms with Crippen molar-refractivity contribution in [3.63, 3.8) is 0 Å². The van der Waals surface area contributed by atoms with Gasteiger partial charge in [0.25, 0.3) is 0 Å². The lowest BCUT2D eigenvalue weighted by Gasteiger charge is -2.24. The van der Waals surface area contributed by atoms with Gasteiger partial charge in [-0.25, -0.2) is 8.42 Å². The molecule has 2 aromatic carbocycles. The van der Waals surface area contributed by atoms with E-state index in [1.54, 1.807) is 12.1 Å². The number of fused-ring (bicyclic) bond motifs is 1. The van der Waals surface area contributed by atoms with Crippen LogP contribution in [0.1, 0.15) is 43.7 Å². The van der Waals surface area contributed by atoms with Crippen LogP contribution < -0.4 is 10.6 Å². The number of hydrogen-bond acceptors (Lipinski definition) is 4. The number of aryl methyl sites for hydroxylation is 2. The fraction of sp³-hybridized carbons (Fsp3) is 0.391. The highest BCUT2D eigenvalue weighted by Crippen LogP contribution is 2.31. The molecule has 8 heteroatoms. The van der Waals surface area contributed by atoms with E-state index in [1.165, 1.54) is 10.4 Å². The Bertz CT molecular complexity index is 1110. The van der Waals surface area contributed by atoms with Gasteiger partial charge in [0.15, 0.2) is 0 Å². The molecule has 2 aliphatic heterocycles. The summed E-state index contributed by atoms with van der Waals surface area (Å²) in [7, 11) is -3.84. The van der Waals surface area contributed by atoms with E-state index >= 15 is 0 Å². The van der Waals surface area contributed by atoms with Crippen molar-refractivity contribution in [2.24, 2.45) is 0 Å². The minimum Gasteiger partial charge on any atom is -0.326 e. The van der Waals surface area contributed by atoms with Crippen molar-refractivity contribution in [3.05, 3.63) is 53.6 Å². The molecule has 0 radical (unpaired) electrons. The maximum atomic E-state index is 13.4. The predicted octanol–water partition coefficient (Wildman–Crippen LogP) is 3.32. The molecule has 0 saturated carbocycles. The maximum Gasteiger partial charge on any atom is 0.243 e. The van der Waals surface area contributed by atoms with E-state index in [-0.39, 0.29) is 16.7 Å². The van der Waals surface area contributed by atoms with Crippen LogP contribution in [-0.2, 0) is 32.5 Å². The lowest BCUT2D eigenvalue weighted by atomic mass is 10.1. The Morgan fingerprint density at radius 3 is 2.81 bits per heavy atom. The molecule has 2 N–H and O–H groups in total. The molecule has 2 aliphatic rings. The number of carbonyl (C=O) groups is 2. The van der Waals surface area contributed by atoms with Crippen molar-refractivity contribution in [1.29, 1.82) is 0 Å². The second-order valence-electron chi connectivity index (χ2n) is 8.04. The molecule has 7 nitrogen and oxygen atoms in total. The first-order chi connectivity index (χ1) is 14.9. The zero-order valence-electron chi connectivity index (χ0n) is 17.6. The van der Waals surface area contributed by atoms with E-state index in [2.05, 4.69) is 10.6 Å². The molecule has 31 heavy (non-hydrogen) atoms. The fourth-order valence-electron chi connectivity index (χ4n) is 4.23. The van der Waals surface area contributed by atoms with Crippen molar-refractivity contribution < 1.29 is 18.0 Å². The summed E-state index contributed by atoms with van der Waals surface area (Å²) in [5, 5.41) is 5.71. The summed E-state index contributed by atoms with van der Waals surface area (Å²) in [4.78, 5) is 24.9. The van der Waals surface area contributed by atoms with Gasteiger partial charge in [-0.2, -0.15) is 4.31 Å². The van der Waals surface area contributed by atoms with Crippen molar-refractivity contribution >= 4 is 33.2 Å². The number of rotatable bonds is 5. The van der Waals surface area contributed by atoms with Crippen molar-refractivity contribution in [1.82, 2.24) is 4.31 Å². The summed E-state index contributed by atoms with van der Waals surface area (Å²) < 4.78 is 28.1. The highest BCUT2D eigenvalue weighted by Gasteiger charge is 2.39. The molecular weight excluding hydrogens is 414 g/mol. The third kappa shape index (κ3) is 4.50.